The van der Waals surface area contributed by atoms with Crippen molar-refractivity contribution in [2.24, 2.45) is 0 Å². The van der Waals surface area contributed by atoms with Crippen molar-refractivity contribution in [3.63, 3.8) is 0 Å². The third-order valence-electron chi connectivity index (χ3n) is 7.34. The van der Waals surface area contributed by atoms with Crippen LogP contribution >= 0.6 is 0 Å². The van der Waals surface area contributed by atoms with E-state index in [0.717, 1.165) is 11.1 Å². The minimum absolute atomic E-state index is 0.00626. The Labute approximate surface area is 303 Å². The van der Waals surface area contributed by atoms with E-state index < -0.39 is 66.3 Å². The van der Waals surface area contributed by atoms with Gasteiger partial charge in [0.05, 0.1) is 33.0 Å². The number of amides is 3. The highest BCUT2D eigenvalue weighted by molar-refractivity contribution is 5.93. The normalized spacial score (nSPS) is 13.4. The second-order valence-electron chi connectivity index (χ2n) is 12.8. The number of alkyl carbamates (subject to hydrolysis) is 1. The molecule has 14 nitrogen and oxygen atoms in total. The predicted octanol–water partition coefficient (Wildman–Crippen LogP) is 3.55. The Morgan fingerprint density at radius 1 is 0.731 bits per heavy atom. The molecule has 0 aliphatic rings. The summed E-state index contributed by atoms with van der Waals surface area (Å²) in [5.41, 5.74) is 1.41. The monoisotopic (exact) mass is 721 g/mol. The molecule has 4 atom stereocenters. The molecule has 3 aromatic carbocycles. The molecule has 0 aromatic heterocycles. The maximum atomic E-state index is 14.0. The van der Waals surface area contributed by atoms with Crippen molar-refractivity contribution in [1.29, 1.82) is 0 Å². The number of esters is 1. The van der Waals surface area contributed by atoms with Gasteiger partial charge >= 0.3 is 18.0 Å². The zero-order valence-corrected chi connectivity index (χ0v) is 30.0. The summed E-state index contributed by atoms with van der Waals surface area (Å²) in [5, 5.41) is 16.7. The van der Waals surface area contributed by atoms with Crippen molar-refractivity contribution in [3.05, 3.63) is 102 Å². The summed E-state index contributed by atoms with van der Waals surface area (Å²) in [6.07, 6.45) is -1.80. The maximum Gasteiger partial charge on any atom is 0.408 e. The van der Waals surface area contributed by atoms with Gasteiger partial charge in [-0.25, -0.2) is 14.4 Å². The van der Waals surface area contributed by atoms with Crippen molar-refractivity contribution < 1.29 is 52.8 Å². The molecule has 3 aromatic rings. The van der Waals surface area contributed by atoms with Crippen molar-refractivity contribution in [2.75, 3.05) is 20.3 Å². The second-order valence-corrected chi connectivity index (χ2v) is 12.8. The summed E-state index contributed by atoms with van der Waals surface area (Å²) in [6, 6.07) is 20.9. The SMILES string of the molecule is COC(=O)[C@H](Cc1ccc(OCC(=O)O)cc1)NC(=O)[C@@H](NC(=O)[C@H](COCc1ccccc1)NC(=O)OC(C)(C)C)[C@@H](C)OCc1ccccc1. The van der Waals surface area contributed by atoms with Gasteiger partial charge in [-0.1, -0.05) is 72.8 Å². The summed E-state index contributed by atoms with van der Waals surface area (Å²) in [6.45, 7) is 6.11. The van der Waals surface area contributed by atoms with Gasteiger partial charge in [0.2, 0.25) is 11.8 Å². The lowest BCUT2D eigenvalue weighted by Gasteiger charge is -2.29. The Hall–Kier alpha value is -5.47. The molecule has 52 heavy (non-hydrogen) atoms. The Morgan fingerprint density at radius 3 is 1.88 bits per heavy atom. The number of carbonyl (C=O) groups excluding carboxylic acids is 4. The number of hydrogen-bond donors (Lipinski definition) is 4. The lowest BCUT2D eigenvalue weighted by molar-refractivity contribution is -0.146. The van der Waals surface area contributed by atoms with Crippen LogP contribution in [0.5, 0.6) is 5.75 Å². The van der Waals surface area contributed by atoms with Crippen LogP contribution in [0.15, 0.2) is 84.9 Å². The molecule has 0 bridgehead atoms. The fourth-order valence-electron chi connectivity index (χ4n) is 4.75. The fourth-order valence-corrected chi connectivity index (χ4v) is 4.75. The predicted molar refractivity (Wildman–Crippen MR) is 189 cm³/mol. The molecule has 0 spiro atoms. The van der Waals surface area contributed by atoms with Gasteiger partial charge in [-0.3, -0.25) is 9.59 Å². The first-order chi connectivity index (χ1) is 24.7. The number of aliphatic carboxylic acids is 1. The summed E-state index contributed by atoms with van der Waals surface area (Å²) >= 11 is 0. The number of benzene rings is 3. The van der Waals surface area contributed by atoms with E-state index in [0.29, 0.717) is 11.3 Å². The largest absolute Gasteiger partial charge is 0.482 e. The quantitative estimate of drug-likeness (QED) is 0.133. The van der Waals surface area contributed by atoms with Crippen LogP contribution in [0.3, 0.4) is 0 Å². The van der Waals surface area contributed by atoms with Crippen LogP contribution in [0.1, 0.15) is 44.4 Å². The molecule has 0 heterocycles. The zero-order valence-electron chi connectivity index (χ0n) is 30.0. The number of methoxy groups -OCH3 is 1. The molecular weight excluding hydrogens is 674 g/mol. The average Bonchev–Trinajstić information content (AvgIpc) is 3.11. The van der Waals surface area contributed by atoms with E-state index in [1.165, 1.54) is 19.2 Å². The smallest absolute Gasteiger partial charge is 0.408 e. The van der Waals surface area contributed by atoms with Crippen LogP contribution in [0, 0.1) is 0 Å². The first kappa shape index (κ1) is 41.0. The zero-order chi connectivity index (χ0) is 38.1. The molecule has 0 saturated heterocycles. The van der Waals surface area contributed by atoms with Gasteiger partial charge in [0.1, 0.15) is 29.5 Å². The molecule has 0 unspecified atom stereocenters. The highest BCUT2D eigenvalue weighted by Gasteiger charge is 2.34. The van der Waals surface area contributed by atoms with Crippen molar-refractivity contribution >= 4 is 29.8 Å². The van der Waals surface area contributed by atoms with Gasteiger partial charge in [0.15, 0.2) is 6.61 Å². The van der Waals surface area contributed by atoms with E-state index in [2.05, 4.69) is 16.0 Å². The van der Waals surface area contributed by atoms with Gasteiger partial charge < -0.3 is 44.7 Å². The summed E-state index contributed by atoms with van der Waals surface area (Å²) < 4.78 is 27.3. The lowest BCUT2D eigenvalue weighted by Crippen LogP contribution is -2.60. The van der Waals surface area contributed by atoms with Crippen molar-refractivity contribution in [2.45, 2.75) is 77.2 Å². The number of carbonyl (C=O) groups is 5. The standard InChI is InChI=1S/C38H47N3O11/c1-25(50-22-28-14-10-7-11-15-28)33(35(45)39-30(36(46)48-5)20-26-16-18-29(19-17-26)51-24-32(42)43)41-34(44)31(40-37(47)52-38(2,3)4)23-49-21-27-12-8-6-9-13-27/h6-19,25,30-31,33H,20-24H2,1-5H3,(H,39,45)(H,40,47)(H,41,44)(H,42,43)/t25-,30+,31+,33+/m1/s1. The van der Waals surface area contributed by atoms with Crippen LogP contribution < -0.4 is 20.7 Å². The Morgan fingerprint density at radius 2 is 1.33 bits per heavy atom. The average molecular weight is 722 g/mol. The first-order valence-electron chi connectivity index (χ1n) is 16.6. The van der Waals surface area contributed by atoms with E-state index in [9.17, 15) is 24.0 Å². The molecule has 0 saturated carbocycles. The number of ether oxygens (including phenoxy) is 5. The van der Waals surface area contributed by atoms with Gasteiger partial charge in [-0.05, 0) is 56.5 Å². The highest BCUT2D eigenvalue weighted by Crippen LogP contribution is 2.15. The van der Waals surface area contributed by atoms with Gasteiger partial charge in [0, 0.05) is 6.42 Å². The summed E-state index contributed by atoms with van der Waals surface area (Å²) in [5.74, 6) is -3.10. The van der Waals surface area contributed by atoms with E-state index in [1.807, 2.05) is 60.7 Å². The molecule has 4 N–H and O–H groups in total. The van der Waals surface area contributed by atoms with Gasteiger partial charge in [-0.15, -0.1) is 0 Å². The van der Waals surface area contributed by atoms with E-state index in [1.54, 1.807) is 39.8 Å². The van der Waals surface area contributed by atoms with Crippen LogP contribution in [-0.2, 0) is 57.8 Å². The first-order valence-corrected chi connectivity index (χ1v) is 16.6. The lowest BCUT2D eigenvalue weighted by atomic mass is 10.0. The summed E-state index contributed by atoms with van der Waals surface area (Å²) in [7, 11) is 1.18. The Kier molecular flexibility index (Phi) is 16.1. The highest BCUT2D eigenvalue weighted by atomic mass is 16.6. The van der Waals surface area contributed by atoms with E-state index >= 15 is 0 Å². The molecule has 3 amide bonds. The van der Waals surface area contributed by atoms with Crippen LogP contribution in [-0.4, -0.2) is 85.1 Å². The fraction of sp³-hybridized carbons (Fsp3) is 0.395. The second kappa shape index (κ2) is 20.4. The number of rotatable bonds is 19. The van der Waals surface area contributed by atoms with E-state index in [-0.39, 0.29) is 26.2 Å². The Balaban J connectivity index is 1.83. The number of carboxylic acid groups (broad SMARTS) is 1. The molecular formula is C38H47N3O11. The molecule has 14 heteroatoms. The van der Waals surface area contributed by atoms with Gasteiger partial charge in [-0.2, -0.15) is 0 Å². The number of hydrogen-bond acceptors (Lipinski definition) is 10. The molecule has 0 aliphatic carbocycles. The third-order valence-corrected chi connectivity index (χ3v) is 7.34. The topological polar surface area (TPSA) is 188 Å². The number of carboxylic acids is 1. The molecule has 0 fully saturated rings. The molecule has 280 valence electrons. The van der Waals surface area contributed by atoms with E-state index in [4.69, 9.17) is 28.8 Å². The molecule has 0 radical (unpaired) electrons. The van der Waals surface area contributed by atoms with Crippen LogP contribution in [0.25, 0.3) is 0 Å². The number of nitrogens with one attached hydrogen (secondary N) is 3. The summed E-state index contributed by atoms with van der Waals surface area (Å²) in [4.78, 5) is 64.3. The molecule has 0 aliphatic heterocycles. The van der Waals surface area contributed by atoms with Crippen LogP contribution in [0.2, 0.25) is 0 Å². The van der Waals surface area contributed by atoms with Crippen molar-refractivity contribution in [1.82, 2.24) is 16.0 Å². The Bertz CT molecular complexity index is 1600. The third kappa shape index (κ3) is 14.8. The minimum Gasteiger partial charge on any atom is -0.482 e. The van der Waals surface area contributed by atoms with Crippen molar-refractivity contribution in [3.8, 4) is 5.75 Å². The molecule has 3 rings (SSSR count). The van der Waals surface area contributed by atoms with Gasteiger partial charge in [0.25, 0.3) is 0 Å². The maximum absolute atomic E-state index is 14.0. The van der Waals surface area contributed by atoms with Crippen LogP contribution in [0.4, 0.5) is 4.79 Å². The minimum atomic E-state index is -1.35.